The Labute approximate surface area is 167 Å². The molecular weight excluding hydrogens is 348 g/mol. The van der Waals surface area contributed by atoms with E-state index in [9.17, 15) is 5.11 Å². The number of aromatic amines is 1. The number of β-amino-alcohol motifs (C(OH)–C–C–N with tert-alkyl or cyclic N) is 1. The Morgan fingerprint density at radius 2 is 1.89 bits per heavy atom. The Morgan fingerprint density at radius 1 is 1.11 bits per heavy atom. The number of ether oxygens (including phenoxy) is 1. The lowest BCUT2D eigenvalue weighted by atomic mass is 9.87. The molecule has 3 aromatic rings. The minimum atomic E-state index is -0.466. The molecule has 0 aliphatic carbocycles. The monoisotopic (exact) mass is 378 g/mol. The molecule has 4 rings (SSSR count). The number of para-hydroxylation sites is 1. The minimum Gasteiger partial charge on any atom is -0.491 e. The normalized spacial score (nSPS) is 17.1. The molecule has 1 unspecified atom stereocenters. The van der Waals surface area contributed by atoms with Crippen molar-refractivity contribution in [3.63, 3.8) is 0 Å². The van der Waals surface area contributed by atoms with Crippen molar-refractivity contribution in [2.45, 2.75) is 38.7 Å². The number of benzene rings is 2. The Morgan fingerprint density at radius 3 is 2.68 bits per heavy atom. The highest BCUT2D eigenvalue weighted by Crippen LogP contribution is 2.35. The molecule has 1 aromatic heterocycles. The van der Waals surface area contributed by atoms with Crippen molar-refractivity contribution in [2.75, 3.05) is 26.2 Å². The van der Waals surface area contributed by atoms with Gasteiger partial charge in [-0.2, -0.15) is 0 Å². The standard InChI is InChI=1S/C24H30N2O2/c1-17-6-5-7-21(14-17)28-16-20(27)15-26-12-10-19(11-13-26)24-18(2)25-23-9-4-3-8-22(23)24/h3-9,14,19-20,25,27H,10-13,15-16H2,1-2H3. The largest absolute Gasteiger partial charge is 0.491 e. The van der Waals surface area contributed by atoms with Crippen LogP contribution in [0.4, 0.5) is 0 Å². The molecule has 1 aliphatic heterocycles. The van der Waals surface area contributed by atoms with Gasteiger partial charge in [0.05, 0.1) is 0 Å². The van der Waals surface area contributed by atoms with Crippen LogP contribution in [0.2, 0.25) is 0 Å². The van der Waals surface area contributed by atoms with Gasteiger partial charge in [0.1, 0.15) is 18.5 Å². The van der Waals surface area contributed by atoms with Crippen LogP contribution in [-0.2, 0) is 0 Å². The molecule has 2 aromatic carbocycles. The van der Waals surface area contributed by atoms with Gasteiger partial charge in [0.15, 0.2) is 0 Å². The second kappa shape index (κ2) is 8.38. The first-order valence-electron chi connectivity index (χ1n) is 10.3. The van der Waals surface area contributed by atoms with Gasteiger partial charge in [0.25, 0.3) is 0 Å². The quantitative estimate of drug-likeness (QED) is 0.668. The van der Waals surface area contributed by atoms with Crippen LogP contribution >= 0.6 is 0 Å². The second-order valence-corrected chi connectivity index (χ2v) is 8.07. The van der Waals surface area contributed by atoms with E-state index in [-0.39, 0.29) is 0 Å². The minimum absolute atomic E-state index is 0.338. The van der Waals surface area contributed by atoms with E-state index in [1.54, 1.807) is 0 Å². The van der Waals surface area contributed by atoms with Gasteiger partial charge in [-0.3, -0.25) is 0 Å². The summed E-state index contributed by atoms with van der Waals surface area (Å²) in [6.45, 7) is 7.28. The molecule has 1 fully saturated rings. The van der Waals surface area contributed by atoms with Crippen LogP contribution in [0, 0.1) is 13.8 Å². The van der Waals surface area contributed by atoms with Crippen molar-refractivity contribution in [1.82, 2.24) is 9.88 Å². The summed E-state index contributed by atoms with van der Waals surface area (Å²) in [4.78, 5) is 5.90. The van der Waals surface area contributed by atoms with Gasteiger partial charge in [-0.05, 0) is 75.0 Å². The van der Waals surface area contributed by atoms with E-state index < -0.39 is 6.10 Å². The van der Waals surface area contributed by atoms with E-state index in [1.165, 1.54) is 27.7 Å². The zero-order valence-corrected chi connectivity index (χ0v) is 16.8. The molecule has 0 spiro atoms. The summed E-state index contributed by atoms with van der Waals surface area (Å²) >= 11 is 0. The predicted molar refractivity (Wildman–Crippen MR) is 114 cm³/mol. The van der Waals surface area contributed by atoms with Gasteiger partial charge in [0, 0.05) is 23.1 Å². The number of hydrogen-bond donors (Lipinski definition) is 2. The number of aliphatic hydroxyl groups excluding tert-OH is 1. The number of rotatable bonds is 6. The average molecular weight is 379 g/mol. The molecule has 4 nitrogen and oxygen atoms in total. The van der Waals surface area contributed by atoms with Crippen molar-refractivity contribution in [3.8, 4) is 5.75 Å². The number of nitrogens with one attached hydrogen (secondary N) is 1. The van der Waals surface area contributed by atoms with E-state index in [0.29, 0.717) is 19.1 Å². The highest BCUT2D eigenvalue weighted by Gasteiger charge is 2.25. The summed E-state index contributed by atoms with van der Waals surface area (Å²) in [5, 5.41) is 11.8. The molecule has 148 valence electrons. The third kappa shape index (κ3) is 4.23. The number of piperidine rings is 1. The average Bonchev–Trinajstić information content (AvgIpc) is 3.03. The molecule has 1 atom stereocenters. The topological polar surface area (TPSA) is 48.5 Å². The van der Waals surface area contributed by atoms with Gasteiger partial charge in [-0.25, -0.2) is 0 Å². The van der Waals surface area contributed by atoms with Crippen molar-refractivity contribution < 1.29 is 9.84 Å². The molecule has 28 heavy (non-hydrogen) atoms. The van der Waals surface area contributed by atoms with Crippen LogP contribution in [-0.4, -0.2) is 47.3 Å². The Hall–Kier alpha value is -2.30. The number of H-pyrrole nitrogens is 1. The van der Waals surface area contributed by atoms with Crippen LogP contribution in [0.5, 0.6) is 5.75 Å². The van der Waals surface area contributed by atoms with E-state index >= 15 is 0 Å². The van der Waals surface area contributed by atoms with Crippen molar-refractivity contribution in [2.24, 2.45) is 0 Å². The predicted octanol–water partition coefficient (Wildman–Crippen LogP) is 4.40. The maximum atomic E-state index is 10.4. The summed E-state index contributed by atoms with van der Waals surface area (Å²) in [5.74, 6) is 1.42. The molecule has 4 heteroatoms. The fraction of sp³-hybridized carbons (Fsp3) is 0.417. The summed E-state index contributed by atoms with van der Waals surface area (Å²) in [7, 11) is 0. The SMILES string of the molecule is Cc1cccc(OCC(O)CN2CCC(c3c(C)[nH]c4ccccc34)CC2)c1. The molecule has 2 N–H and O–H groups in total. The fourth-order valence-electron chi connectivity index (χ4n) is 4.48. The van der Waals surface area contributed by atoms with Gasteiger partial charge in [0.2, 0.25) is 0 Å². The Balaban J connectivity index is 1.30. The van der Waals surface area contributed by atoms with Crippen LogP contribution in [0.25, 0.3) is 10.9 Å². The lowest BCUT2D eigenvalue weighted by Gasteiger charge is -2.33. The zero-order valence-electron chi connectivity index (χ0n) is 16.8. The first-order valence-corrected chi connectivity index (χ1v) is 10.3. The number of hydrogen-bond acceptors (Lipinski definition) is 3. The Kier molecular flexibility index (Phi) is 5.69. The third-order valence-corrected chi connectivity index (χ3v) is 5.84. The first-order chi connectivity index (χ1) is 13.6. The maximum absolute atomic E-state index is 10.4. The molecule has 0 saturated carbocycles. The van der Waals surface area contributed by atoms with Crippen molar-refractivity contribution >= 4 is 10.9 Å². The zero-order chi connectivity index (χ0) is 19.5. The number of aryl methyl sites for hydroxylation is 2. The van der Waals surface area contributed by atoms with Gasteiger partial charge < -0.3 is 19.7 Å². The highest BCUT2D eigenvalue weighted by atomic mass is 16.5. The molecular formula is C24H30N2O2. The van der Waals surface area contributed by atoms with Gasteiger partial charge >= 0.3 is 0 Å². The first kappa shape index (κ1) is 19.0. The maximum Gasteiger partial charge on any atom is 0.119 e. The molecule has 0 bridgehead atoms. The lowest BCUT2D eigenvalue weighted by Crippen LogP contribution is -2.40. The van der Waals surface area contributed by atoms with E-state index in [4.69, 9.17) is 4.74 Å². The summed E-state index contributed by atoms with van der Waals surface area (Å²) < 4.78 is 5.75. The molecule has 1 saturated heterocycles. The van der Waals surface area contributed by atoms with E-state index in [0.717, 1.165) is 31.7 Å². The lowest BCUT2D eigenvalue weighted by molar-refractivity contribution is 0.0594. The third-order valence-electron chi connectivity index (χ3n) is 5.84. The fourth-order valence-corrected chi connectivity index (χ4v) is 4.48. The van der Waals surface area contributed by atoms with Crippen LogP contribution in [0.3, 0.4) is 0 Å². The van der Waals surface area contributed by atoms with Gasteiger partial charge in [-0.1, -0.05) is 30.3 Å². The smallest absolute Gasteiger partial charge is 0.119 e. The number of fused-ring (bicyclic) bond motifs is 1. The van der Waals surface area contributed by atoms with Crippen LogP contribution < -0.4 is 4.74 Å². The van der Waals surface area contributed by atoms with E-state index in [2.05, 4.69) is 41.1 Å². The van der Waals surface area contributed by atoms with Gasteiger partial charge in [-0.15, -0.1) is 0 Å². The van der Waals surface area contributed by atoms with Crippen molar-refractivity contribution in [1.29, 1.82) is 0 Å². The highest BCUT2D eigenvalue weighted by molar-refractivity contribution is 5.85. The number of aliphatic hydroxyl groups is 1. The number of aromatic nitrogens is 1. The molecule has 2 heterocycles. The molecule has 0 amide bonds. The number of likely N-dealkylation sites (tertiary alicyclic amines) is 1. The summed E-state index contributed by atoms with van der Waals surface area (Å²) in [5.41, 5.74) is 5.19. The molecule has 1 aliphatic rings. The number of nitrogens with zero attached hydrogens (tertiary/aromatic N) is 1. The second-order valence-electron chi connectivity index (χ2n) is 8.07. The molecule has 0 radical (unpaired) electrons. The Bertz CT molecular complexity index is 925. The van der Waals surface area contributed by atoms with Crippen LogP contribution in [0.15, 0.2) is 48.5 Å². The summed E-state index contributed by atoms with van der Waals surface area (Å²) in [6.07, 6.45) is 1.80. The van der Waals surface area contributed by atoms with Crippen LogP contribution in [0.1, 0.15) is 35.6 Å². The van der Waals surface area contributed by atoms with Crippen molar-refractivity contribution in [3.05, 3.63) is 65.4 Å². The van der Waals surface area contributed by atoms with E-state index in [1.807, 2.05) is 31.2 Å². The summed E-state index contributed by atoms with van der Waals surface area (Å²) in [6, 6.07) is 16.6.